The lowest BCUT2D eigenvalue weighted by atomic mass is 9.73. The number of methoxy groups -OCH3 is 1. The maximum absolute atomic E-state index is 13.9. The lowest BCUT2D eigenvalue weighted by Gasteiger charge is -2.40. The number of nitro groups is 1. The van der Waals surface area contributed by atoms with Gasteiger partial charge < -0.3 is 19.7 Å². The number of nitrogens with one attached hydrogen (secondary N) is 1. The molecule has 2 aliphatic heterocycles. The molecule has 8 nitrogen and oxygen atoms in total. The smallest absolute Gasteiger partial charge is 0.379 e. The minimum absolute atomic E-state index is 0.0296. The number of rotatable bonds is 6. The van der Waals surface area contributed by atoms with Crippen LogP contribution >= 0.6 is 0 Å². The average molecular weight is 514 g/mol. The van der Waals surface area contributed by atoms with Crippen LogP contribution in [0, 0.1) is 21.4 Å². The molecular formula is C25H34F3N3O5. The molecule has 0 bridgehead atoms. The van der Waals surface area contributed by atoms with Crippen molar-refractivity contribution in [1.29, 1.82) is 0 Å². The van der Waals surface area contributed by atoms with Crippen LogP contribution in [0.4, 0.5) is 18.9 Å². The summed E-state index contributed by atoms with van der Waals surface area (Å²) in [6.07, 6.45) is -1.67. The molecule has 0 spiro atoms. The van der Waals surface area contributed by atoms with Gasteiger partial charge in [-0.2, -0.15) is 13.2 Å². The van der Waals surface area contributed by atoms with Crippen molar-refractivity contribution in [2.45, 2.75) is 76.9 Å². The monoisotopic (exact) mass is 513 g/mol. The first kappa shape index (κ1) is 26.8. The molecule has 1 aromatic rings. The molecule has 1 N–H and O–H groups in total. The number of amides is 1. The Kier molecular flexibility index (Phi) is 7.64. The Balaban J connectivity index is 1.54. The summed E-state index contributed by atoms with van der Waals surface area (Å²) in [7, 11) is 1.66. The Hall–Kier alpha value is -2.24. The zero-order valence-corrected chi connectivity index (χ0v) is 20.9. The van der Waals surface area contributed by atoms with Gasteiger partial charge in [-0.05, 0) is 49.7 Å². The molecule has 4 rings (SSSR count). The normalized spacial score (nSPS) is 28.9. The van der Waals surface area contributed by atoms with Gasteiger partial charge in [-0.3, -0.25) is 14.9 Å². The summed E-state index contributed by atoms with van der Waals surface area (Å²) in [6.45, 7) is 5.38. The van der Waals surface area contributed by atoms with Crippen LogP contribution in [0.25, 0.3) is 0 Å². The number of carbonyl (C=O) groups is 1. The predicted molar refractivity (Wildman–Crippen MR) is 125 cm³/mol. The quantitative estimate of drug-likeness (QED) is 0.455. The van der Waals surface area contributed by atoms with Crippen molar-refractivity contribution in [1.82, 2.24) is 10.2 Å². The highest BCUT2D eigenvalue weighted by atomic mass is 19.4. The number of benzene rings is 1. The minimum atomic E-state index is -4.71. The van der Waals surface area contributed by atoms with Gasteiger partial charge in [0, 0.05) is 50.5 Å². The molecule has 0 aromatic heterocycles. The van der Waals surface area contributed by atoms with E-state index in [1.165, 1.54) is 0 Å². The van der Waals surface area contributed by atoms with Crippen molar-refractivity contribution in [2.24, 2.45) is 11.3 Å². The molecule has 11 heteroatoms. The fourth-order valence-electron chi connectivity index (χ4n) is 6.11. The van der Waals surface area contributed by atoms with Gasteiger partial charge in [-0.25, -0.2) is 0 Å². The summed E-state index contributed by atoms with van der Waals surface area (Å²) in [5, 5.41) is 15.2. The standard InChI is InChI=1S/C25H34F3N3O5/c1-15(2)24(7-4-18(12-24)29-20-6-9-36-14-22(20)35-3)23(32)30-8-5-19-16(13-30)10-17(25(26,27)28)11-21(19)31(33)34/h10-11,15,18,20,22,29H,4-9,12-14H2,1-3H3/t18-,20?,22?,24+/m1/s1. The van der Waals surface area contributed by atoms with E-state index in [0.29, 0.717) is 32.1 Å². The summed E-state index contributed by atoms with van der Waals surface area (Å²) in [5.74, 6) is -0.0512. The second kappa shape index (κ2) is 10.3. The first-order valence-electron chi connectivity index (χ1n) is 12.5. The highest BCUT2D eigenvalue weighted by Crippen LogP contribution is 2.47. The first-order valence-corrected chi connectivity index (χ1v) is 12.5. The molecule has 2 unspecified atom stereocenters. The molecule has 3 aliphatic rings. The molecule has 4 atom stereocenters. The molecule has 1 aliphatic carbocycles. The van der Waals surface area contributed by atoms with Crippen LogP contribution in [-0.4, -0.2) is 60.8 Å². The summed E-state index contributed by atoms with van der Waals surface area (Å²) < 4.78 is 51.4. The van der Waals surface area contributed by atoms with Gasteiger partial charge >= 0.3 is 6.18 Å². The Bertz CT molecular complexity index is 1000. The van der Waals surface area contributed by atoms with Crippen molar-refractivity contribution >= 4 is 11.6 Å². The predicted octanol–water partition coefficient (Wildman–Crippen LogP) is 4.09. The topological polar surface area (TPSA) is 93.9 Å². The van der Waals surface area contributed by atoms with E-state index in [2.05, 4.69) is 5.32 Å². The van der Waals surface area contributed by atoms with Gasteiger partial charge in [-0.15, -0.1) is 0 Å². The first-order chi connectivity index (χ1) is 17.0. The largest absolute Gasteiger partial charge is 0.416 e. The molecule has 0 radical (unpaired) electrons. The number of carbonyl (C=O) groups excluding carboxylic acids is 1. The number of nitrogens with zero attached hydrogens (tertiary/aromatic N) is 2. The lowest BCUT2D eigenvalue weighted by Crippen LogP contribution is -2.52. The van der Waals surface area contributed by atoms with E-state index in [9.17, 15) is 28.1 Å². The number of hydrogen-bond acceptors (Lipinski definition) is 6. The molecule has 1 amide bonds. The number of alkyl halides is 3. The van der Waals surface area contributed by atoms with Gasteiger partial charge in [0.2, 0.25) is 5.91 Å². The maximum atomic E-state index is 13.9. The van der Waals surface area contributed by atoms with Crippen LogP contribution in [0.2, 0.25) is 0 Å². The number of ether oxygens (including phenoxy) is 2. The van der Waals surface area contributed by atoms with E-state index in [0.717, 1.165) is 18.9 Å². The Morgan fingerprint density at radius 2 is 2.08 bits per heavy atom. The van der Waals surface area contributed by atoms with Crippen LogP contribution in [-0.2, 0) is 33.4 Å². The zero-order valence-electron chi connectivity index (χ0n) is 20.9. The van der Waals surface area contributed by atoms with Crippen molar-refractivity contribution in [3.05, 3.63) is 38.9 Å². The highest BCUT2D eigenvalue weighted by Gasteiger charge is 2.50. The van der Waals surface area contributed by atoms with Crippen LogP contribution in [0.15, 0.2) is 12.1 Å². The fourth-order valence-corrected chi connectivity index (χ4v) is 6.11. The lowest BCUT2D eigenvalue weighted by molar-refractivity contribution is -0.385. The van der Waals surface area contributed by atoms with E-state index in [1.807, 2.05) is 13.8 Å². The van der Waals surface area contributed by atoms with Crippen molar-refractivity contribution in [3.63, 3.8) is 0 Å². The summed E-state index contributed by atoms with van der Waals surface area (Å²) >= 11 is 0. The van der Waals surface area contributed by atoms with E-state index in [1.54, 1.807) is 12.0 Å². The van der Waals surface area contributed by atoms with Crippen LogP contribution in [0.5, 0.6) is 0 Å². The van der Waals surface area contributed by atoms with Gasteiger partial charge in [0.15, 0.2) is 0 Å². The van der Waals surface area contributed by atoms with Crippen LogP contribution < -0.4 is 5.32 Å². The molecule has 1 saturated carbocycles. The van der Waals surface area contributed by atoms with E-state index >= 15 is 0 Å². The number of hydrogen-bond donors (Lipinski definition) is 1. The van der Waals surface area contributed by atoms with E-state index < -0.39 is 27.8 Å². The average Bonchev–Trinajstić information content (AvgIpc) is 3.27. The summed E-state index contributed by atoms with van der Waals surface area (Å²) in [6, 6.07) is 1.81. The van der Waals surface area contributed by atoms with Crippen molar-refractivity contribution in [2.75, 3.05) is 26.9 Å². The van der Waals surface area contributed by atoms with Gasteiger partial charge in [0.25, 0.3) is 5.69 Å². The fraction of sp³-hybridized carbons (Fsp3) is 0.720. The number of halogens is 3. The van der Waals surface area contributed by atoms with E-state index in [4.69, 9.17) is 9.47 Å². The third-order valence-corrected chi connectivity index (χ3v) is 8.26. The van der Waals surface area contributed by atoms with Gasteiger partial charge in [-0.1, -0.05) is 13.8 Å². The Morgan fingerprint density at radius 3 is 2.72 bits per heavy atom. The van der Waals surface area contributed by atoms with Gasteiger partial charge in [0.05, 0.1) is 28.6 Å². The maximum Gasteiger partial charge on any atom is 0.416 e. The molecule has 36 heavy (non-hydrogen) atoms. The second-order valence-electron chi connectivity index (χ2n) is 10.5. The SMILES string of the molecule is COC1COCCC1N[C@@H]1CC[C@@](C(=O)N2CCc3c(cc(C(F)(F)F)cc3[N+](=O)[O-])C2)(C(C)C)C1. The zero-order chi connectivity index (χ0) is 26.3. The third-order valence-electron chi connectivity index (χ3n) is 8.26. The molecule has 200 valence electrons. The Labute approximate surface area is 208 Å². The second-order valence-corrected chi connectivity index (χ2v) is 10.5. The third kappa shape index (κ3) is 5.10. The van der Waals surface area contributed by atoms with E-state index in [-0.39, 0.29) is 60.6 Å². The van der Waals surface area contributed by atoms with Crippen molar-refractivity contribution < 1.29 is 32.4 Å². The Morgan fingerprint density at radius 1 is 1.33 bits per heavy atom. The molecule has 2 fully saturated rings. The number of fused-ring (bicyclic) bond motifs is 1. The summed E-state index contributed by atoms with van der Waals surface area (Å²) in [4.78, 5) is 26.3. The minimum Gasteiger partial charge on any atom is -0.379 e. The highest BCUT2D eigenvalue weighted by molar-refractivity contribution is 5.84. The van der Waals surface area contributed by atoms with Crippen LogP contribution in [0.1, 0.15) is 56.2 Å². The van der Waals surface area contributed by atoms with Crippen molar-refractivity contribution in [3.8, 4) is 0 Å². The van der Waals surface area contributed by atoms with Crippen LogP contribution in [0.3, 0.4) is 0 Å². The summed E-state index contributed by atoms with van der Waals surface area (Å²) in [5.41, 5.74) is -1.74. The molecular weight excluding hydrogens is 479 g/mol. The molecule has 2 heterocycles. The molecule has 1 saturated heterocycles. The number of nitro benzene ring substituents is 1. The molecule has 1 aromatic carbocycles. The van der Waals surface area contributed by atoms with Gasteiger partial charge in [0.1, 0.15) is 0 Å².